The summed E-state index contributed by atoms with van der Waals surface area (Å²) in [6.07, 6.45) is 0. The molecule has 0 saturated carbocycles. The molecule has 84 valence electrons. The molecule has 0 atom stereocenters. The van der Waals surface area contributed by atoms with E-state index in [2.05, 4.69) is 4.74 Å². The molecule has 16 heavy (non-hydrogen) atoms. The fraction of sp³-hybridized carbons (Fsp3) is 0.200. The molecule has 1 aliphatic rings. The molecule has 1 heterocycles. The minimum Gasteiger partial charge on any atom is -0.390 e. The number of ether oxygens (including phenoxy) is 1. The zero-order valence-corrected chi connectivity index (χ0v) is 9.59. The second-order valence-electron chi connectivity index (χ2n) is 3.33. The predicted octanol–water partition coefficient (Wildman–Crippen LogP) is 1.88. The molecule has 0 spiro atoms. The molecule has 1 aliphatic heterocycles. The minimum atomic E-state index is -0.577. The Morgan fingerprint density at radius 1 is 1.00 bits per heavy atom. The van der Waals surface area contributed by atoms with Crippen LogP contribution in [0, 0.1) is 0 Å². The summed E-state index contributed by atoms with van der Waals surface area (Å²) in [5, 5.41) is 0.905. The molecule has 0 amide bonds. The maximum absolute atomic E-state index is 11.1. The van der Waals surface area contributed by atoms with Gasteiger partial charge >= 0.3 is 11.9 Å². The Bertz CT molecular complexity index is 425. The van der Waals surface area contributed by atoms with Crippen LogP contribution in [-0.2, 0) is 14.3 Å². The Morgan fingerprint density at radius 2 is 1.50 bits per heavy atom. The minimum absolute atomic E-state index is 0.0163. The molecule has 4 nitrogen and oxygen atoms in total. The lowest BCUT2D eigenvalue weighted by Gasteiger charge is -2.26. The first-order valence-corrected chi connectivity index (χ1v) is 5.25. The van der Waals surface area contributed by atoms with Gasteiger partial charge in [0.15, 0.2) is 0 Å². The maximum Gasteiger partial charge on any atom is 0.333 e. The number of morpholine rings is 1. The van der Waals surface area contributed by atoms with Gasteiger partial charge in [-0.1, -0.05) is 23.2 Å². The van der Waals surface area contributed by atoms with E-state index >= 15 is 0 Å². The zero-order chi connectivity index (χ0) is 11.7. The molecule has 1 aromatic rings. The first kappa shape index (κ1) is 11.2. The number of rotatable bonds is 1. The van der Waals surface area contributed by atoms with E-state index in [0.717, 1.165) is 0 Å². The molecule has 1 fully saturated rings. The smallest absolute Gasteiger partial charge is 0.333 e. The standard InChI is InChI=1S/C10H7Cl2NO3/c11-6-1-7(12)3-8(2-6)13-4-9(14)16-10(15)5-13/h1-3H,4-5H2. The third-order valence-electron chi connectivity index (χ3n) is 2.08. The van der Waals surface area contributed by atoms with Crippen molar-refractivity contribution in [2.45, 2.75) is 0 Å². The first-order chi connectivity index (χ1) is 7.54. The van der Waals surface area contributed by atoms with Gasteiger partial charge in [0, 0.05) is 15.7 Å². The number of hydrogen-bond donors (Lipinski definition) is 0. The zero-order valence-electron chi connectivity index (χ0n) is 8.07. The van der Waals surface area contributed by atoms with Gasteiger partial charge in [0.05, 0.1) is 0 Å². The van der Waals surface area contributed by atoms with Crippen molar-refractivity contribution < 1.29 is 14.3 Å². The summed E-state index contributed by atoms with van der Waals surface area (Å²) in [7, 11) is 0. The summed E-state index contributed by atoms with van der Waals surface area (Å²) in [6.45, 7) is 0.0326. The van der Waals surface area contributed by atoms with Crippen LogP contribution in [0.15, 0.2) is 18.2 Å². The molecule has 1 aromatic carbocycles. The molecule has 0 aromatic heterocycles. The number of anilines is 1. The van der Waals surface area contributed by atoms with Crippen molar-refractivity contribution in [1.29, 1.82) is 0 Å². The number of benzene rings is 1. The van der Waals surface area contributed by atoms with Gasteiger partial charge < -0.3 is 9.64 Å². The number of carbonyl (C=O) groups is 2. The molecule has 6 heteroatoms. The number of nitrogens with zero attached hydrogens (tertiary/aromatic N) is 1. The summed E-state index contributed by atoms with van der Waals surface area (Å²) in [5.74, 6) is -1.15. The van der Waals surface area contributed by atoms with E-state index in [9.17, 15) is 9.59 Å². The monoisotopic (exact) mass is 259 g/mol. The molecule has 0 aliphatic carbocycles. The number of cyclic esters (lactones) is 2. The van der Waals surface area contributed by atoms with E-state index in [4.69, 9.17) is 23.2 Å². The molecule has 0 unspecified atom stereocenters. The fourth-order valence-corrected chi connectivity index (χ4v) is 1.98. The van der Waals surface area contributed by atoms with Gasteiger partial charge in [-0.25, -0.2) is 9.59 Å². The van der Waals surface area contributed by atoms with Gasteiger partial charge in [0.2, 0.25) is 0 Å². The normalized spacial score (nSPS) is 16.2. The average molecular weight is 260 g/mol. The first-order valence-electron chi connectivity index (χ1n) is 4.49. The van der Waals surface area contributed by atoms with Crippen molar-refractivity contribution in [3.63, 3.8) is 0 Å². The number of halogens is 2. The highest BCUT2D eigenvalue weighted by atomic mass is 35.5. The largest absolute Gasteiger partial charge is 0.390 e. The average Bonchev–Trinajstić information content (AvgIpc) is 2.14. The van der Waals surface area contributed by atoms with E-state index < -0.39 is 11.9 Å². The van der Waals surface area contributed by atoms with Crippen LogP contribution >= 0.6 is 23.2 Å². The maximum atomic E-state index is 11.1. The van der Waals surface area contributed by atoms with E-state index in [-0.39, 0.29) is 13.1 Å². The quantitative estimate of drug-likeness (QED) is 0.571. The lowest BCUT2D eigenvalue weighted by Crippen LogP contribution is -2.42. The van der Waals surface area contributed by atoms with Gasteiger partial charge in [-0.3, -0.25) is 0 Å². The topological polar surface area (TPSA) is 46.6 Å². The summed E-state index contributed by atoms with van der Waals surface area (Å²) >= 11 is 11.7. The van der Waals surface area contributed by atoms with Crippen molar-refractivity contribution in [3.05, 3.63) is 28.2 Å². The third kappa shape index (κ3) is 2.46. The van der Waals surface area contributed by atoms with Gasteiger partial charge in [0.25, 0.3) is 0 Å². The SMILES string of the molecule is O=C1CN(c2cc(Cl)cc(Cl)c2)CC(=O)O1. The lowest BCUT2D eigenvalue weighted by molar-refractivity contribution is -0.160. The summed E-state index contributed by atoms with van der Waals surface area (Å²) in [5.41, 5.74) is 0.627. The van der Waals surface area contributed by atoms with Gasteiger partial charge in [-0.15, -0.1) is 0 Å². The van der Waals surface area contributed by atoms with Crippen LogP contribution in [0.25, 0.3) is 0 Å². The Labute approximate surface area is 102 Å². The number of hydrogen-bond acceptors (Lipinski definition) is 4. The van der Waals surface area contributed by atoms with E-state index in [1.165, 1.54) is 0 Å². The Kier molecular flexibility index (Phi) is 3.03. The van der Waals surface area contributed by atoms with Gasteiger partial charge in [-0.2, -0.15) is 0 Å². The Hall–Kier alpha value is -1.26. The van der Waals surface area contributed by atoms with Crippen LogP contribution in [0.5, 0.6) is 0 Å². The molecular formula is C10H7Cl2NO3. The molecule has 0 radical (unpaired) electrons. The highest BCUT2D eigenvalue weighted by Crippen LogP contribution is 2.26. The fourth-order valence-electron chi connectivity index (χ4n) is 1.46. The second-order valence-corrected chi connectivity index (χ2v) is 4.20. The van der Waals surface area contributed by atoms with Crippen LogP contribution < -0.4 is 4.90 Å². The van der Waals surface area contributed by atoms with Crippen molar-refractivity contribution in [1.82, 2.24) is 0 Å². The number of carbonyl (C=O) groups excluding carboxylic acids is 2. The van der Waals surface area contributed by atoms with Crippen molar-refractivity contribution in [3.8, 4) is 0 Å². The molecule has 0 bridgehead atoms. The van der Waals surface area contributed by atoms with Crippen LogP contribution in [0.2, 0.25) is 10.0 Å². The third-order valence-corrected chi connectivity index (χ3v) is 2.52. The molecule has 1 saturated heterocycles. The van der Waals surface area contributed by atoms with Crippen LogP contribution in [0.3, 0.4) is 0 Å². The van der Waals surface area contributed by atoms with Crippen LogP contribution in [0.4, 0.5) is 5.69 Å². The van der Waals surface area contributed by atoms with Crippen LogP contribution in [0.1, 0.15) is 0 Å². The van der Waals surface area contributed by atoms with Gasteiger partial charge in [0.1, 0.15) is 13.1 Å². The van der Waals surface area contributed by atoms with Crippen molar-refractivity contribution >= 4 is 40.8 Å². The highest BCUT2D eigenvalue weighted by Gasteiger charge is 2.25. The van der Waals surface area contributed by atoms with Gasteiger partial charge in [-0.05, 0) is 18.2 Å². The molecule has 0 N–H and O–H groups in total. The molecular weight excluding hydrogens is 253 g/mol. The number of esters is 2. The second kappa shape index (κ2) is 4.31. The predicted molar refractivity (Wildman–Crippen MR) is 59.8 cm³/mol. The highest BCUT2D eigenvalue weighted by molar-refractivity contribution is 6.35. The van der Waals surface area contributed by atoms with E-state index in [0.29, 0.717) is 15.7 Å². The molecule has 2 rings (SSSR count). The van der Waals surface area contributed by atoms with Crippen molar-refractivity contribution in [2.24, 2.45) is 0 Å². The Balaban J connectivity index is 2.29. The summed E-state index contributed by atoms with van der Waals surface area (Å²) < 4.78 is 4.41. The van der Waals surface area contributed by atoms with E-state index in [1.54, 1.807) is 23.1 Å². The lowest BCUT2D eigenvalue weighted by atomic mass is 10.2. The Morgan fingerprint density at radius 3 is 2.00 bits per heavy atom. The van der Waals surface area contributed by atoms with Crippen molar-refractivity contribution in [2.75, 3.05) is 18.0 Å². The summed E-state index contributed by atoms with van der Waals surface area (Å²) in [6, 6.07) is 4.86. The van der Waals surface area contributed by atoms with E-state index in [1.807, 2.05) is 0 Å². The van der Waals surface area contributed by atoms with Crippen LogP contribution in [-0.4, -0.2) is 25.0 Å². The summed E-state index contributed by atoms with van der Waals surface area (Å²) in [4.78, 5) is 23.7.